The van der Waals surface area contributed by atoms with E-state index in [0.29, 0.717) is 45.0 Å². The average molecular weight is 400 g/mol. The molecule has 2 rings (SSSR count). The standard InChI is InChI=1S/C19H27F3N4O2/c1-3-8-23-17(27)13-25-9-11-26(12-10-25)14(2)18(28)24-16-6-4-15(5-7-16)19(20,21)22/h4-7,14H,3,8-13H2,1-2H3,(H,23,27)(H,24,28)/t14-/m1/s1. The van der Waals surface area contributed by atoms with Crippen molar-refractivity contribution in [2.75, 3.05) is 44.6 Å². The number of hydrogen-bond acceptors (Lipinski definition) is 4. The van der Waals surface area contributed by atoms with Crippen LogP contribution in [0.3, 0.4) is 0 Å². The van der Waals surface area contributed by atoms with Crippen molar-refractivity contribution in [2.45, 2.75) is 32.5 Å². The van der Waals surface area contributed by atoms with Crippen molar-refractivity contribution in [1.82, 2.24) is 15.1 Å². The summed E-state index contributed by atoms with van der Waals surface area (Å²) in [4.78, 5) is 28.2. The third-order valence-electron chi connectivity index (χ3n) is 4.75. The van der Waals surface area contributed by atoms with Gasteiger partial charge in [0.25, 0.3) is 0 Å². The highest BCUT2D eigenvalue weighted by atomic mass is 19.4. The Bertz CT molecular complexity index is 656. The van der Waals surface area contributed by atoms with E-state index in [1.807, 2.05) is 16.7 Å². The molecule has 1 fully saturated rings. The molecule has 0 aliphatic carbocycles. The summed E-state index contributed by atoms with van der Waals surface area (Å²) in [7, 11) is 0. The molecule has 156 valence electrons. The molecule has 1 saturated heterocycles. The fraction of sp³-hybridized carbons (Fsp3) is 0.579. The number of nitrogens with one attached hydrogen (secondary N) is 2. The Morgan fingerprint density at radius 3 is 2.25 bits per heavy atom. The Morgan fingerprint density at radius 2 is 1.71 bits per heavy atom. The van der Waals surface area contributed by atoms with E-state index < -0.39 is 17.8 Å². The van der Waals surface area contributed by atoms with Crippen LogP contribution in [0.5, 0.6) is 0 Å². The van der Waals surface area contributed by atoms with E-state index in [4.69, 9.17) is 0 Å². The van der Waals surface area contributed by atoms with Crippen LogP contribution in [-0.4, -0.2) is 66.9 Å². The van der Waals surface area contributed by atoms with E-state index >= 15 is 0 Å². The van der Waals surface area contributed by atoms with Crippen LogP contribution in [0.15, 0.2) is 24.3 Å². The highest BCUT2D eigenvalue weighted by Gasteiger charge is 2.30. The Kier molecular flexibility index (Phi) is 7.82. The van der Waals surface area contributed by atoms with Crippen molar-refractivity contribution in [3.05, 3.63) is 29.8 Å². The molecule has 9 heteroatoms. The highest BCUT2D eigenvalue weighted by molar-refractivity contribution is 5.94. The second-order valence-electron chi connectivity index (χ2n) is 6.90. The monoisotopic (exact) mass is 400 g/mol. The van der Waals surface area contributed by atoms with E-state index in [-0.39, 0.29) is 11.8 Å². The molecule has 0 unspecified atom stereocenters. The number of nitrogens with zero attached hydrogens (tertiary/aromatic N) is 2. The first-order valence-corrected chi connectivity index (χ1v) is 9.42. The molecule has 6 nitrogen and oxygen atoms in total. The van der Waals surface area contributed by atoms with E-state index in [2.05, 4.69) is 10.6 Å². The number of piperazine rings is 1. The molecule has 1 atom stereocenters. The average Bonchev–Trinajstić information content (AvgIpc) is 2.66. The fourth-order valence-corrected chi connectivity index (χ4v) is 2.99. The summed E-state index contributed by atoms with van der Waals surface area (Å²) >= 11 is 0. The molecule has 0 spiro atoms. The number of halogens is 3. The summed E-state index contributed by atoms with van der Waals surface area (Å²) < 4.78 is 37.8. The summed E-state index contributed by atoms with van der Waals surface area (Å²) in [6.07, 6.45) is -3.51. The third-order valence-corrected chi connectivity index (χ3v) is 4.75. The van der Waals surface area contributed by atoms with Gasteiger partial charge in [0.2, 0.25) is 11.8 Å². The minimum absolute atomic E-state index is 0.00314. The predicted octanol–water partition coefficient (Wildman–Crippen LogP) is 2.18. The van der Waals surface area contributed by atoms with Crippen molar-refractivity contribution < 1.29 is 22.8 Å². The number of anilines is 1. The van der Waals surface area contributed by atoms with Crippen LogP contribution in [-0.2, 0) is 15.8 Å². The van der Waals surface area contributed by atoms with Crippen molar-refractivity contribution >= 4 is 17.5 Å². The van der Waals surface area contributed by atoms with Crippen molar-refractivity contribution in [1.29, 1.82) is 0 Å². The Balaban J connectivity index is 1.80. The molecular weight excluding hydrogens is 373 g/mol. The maximum absolute atomic E-state index is 12.6. The summed E-state index contributed by atoms with van der Waals surface area (Å²) in [5.41, 5.74) is -0.422. The number of carbonyl (C=O) groups excluding carboxylic acids is 2. The maximum Gasteiger partial charge on any atom is 0.416 e. The second-order valence-corrected chi connectivity index (χ2v) is 6.90. The van der Waals surface area contributed by atoms with Gasteiger partial charge in [-0.1, -0.05) is 6.92 Å². The van der Waals surface area contributed by atoms with E-state index in [0.717, 1.165) is 18.6 Å². The zero-order chi connectivity index (χ0) is 20.7. The summed E-state index contributed by atoms with van der Waals surface area (Å²) in [5.74, 6) is -0.266. The predicted molar refractivity (Wildman–Crippen MR) is 101 cm³/mol. The van der Waals surface area contributed by atoms with Crippen LogP contribution in [0.1, 0.15) is 25.8 Å². The number of hydrogen-bond donors (Lipinski definition) is 2. The maximum atomic E-state index is 12.6. The normalized spacial score (nSPS) is 17.2. The summed E-state index contributed by atoms with van der Waals surface area (Å²) in [6, 6.07) is 3.98. The van der Waals surface area contributed by atoms with Gasteiger partial charge in [-0.2, -0.15) is 13.2 Å². The van der Waals surface area contributed by atoms with Crippen molar-refractivity contribution in [3.63, 3.8) is 0 Å². The highest BCUT2D eigenvalue weighted by Crippen LogP contribution is 2.29. The van der Waals surface area contributed by atoms with Gasteiger partial charge in [0.1, 0.15) is 0 Å². The van der Waals surface area contributed by atoms with Gasteiger partial charge in [0.05, 0.1) is 18.2 Å². The van der Waals surface area contributed by atoms with Gasteiger partial charge in [-0.15, -0.1) is 0 Å². The number of amides is 2. The van der Waals surface area contributed by atoms with E-state index in [1.165, 1.54) is 12.1 Å². The number of alkyl halides is 3. The lowest BCUT2D eigenvalue weighted by Crippen LogP contribution is -2.54. The van der Waals surface area contributed by atoms with Crippen LogP contribution in [0.25, 0.3) is 0 Å². The quantitative estimate of drug-likeness (QED) is 0.737. The number of rotatable bonds is 7. The van der Waals surface area contributed by atoms with E-state index in [9.17, 15) is 22.8 Å². The molecule has 0 bridgehead atoms. The molecule has 2 N–H and O–H groups in total. The molecule has 1 aliphatic rings. The Hall–Kier alpha value is -2.13. The minimum atomic E-state index is -4.40. The number of carbonyl (C=O) groups is 2. The smallest absolute Gasteiger partial charge is 0.355 e. The zero-order valence-electron chi connectivity index (χ0n) is 16.2. The molecular formula is C19H27F3N4O2. The molecule has 0 radical (unpaired) electrons. The lowest BCUT2D eigenvalue weighted by Gasteiger charge is -2.37. The molecule has 1 aromatic carbocycles. The Labute approximate surface area is 163 Å². The topological polar surface area (TPSA) is 64.7 Å². The molecule has 28 heavy (non-hydrogen) atoms. The first-order valence-electron chi connectivity index (χ1n) is 9.42. The molecule has 1 aliphatic heterocycles. The molecule has 2 amide bonds. The lowest BCUT2D eigenvalue weighted by atomic mass is 10.1. The molecule has 0 aromatic heterocycles. The molecule has 0 saturated carbocycles. The molecule has 1 aromatic rings. The largest absolute Gasteiger partial charge is 0.416 e. The Morgan fingerprint density at radius 1 is 1.11 bits per heavy atom. The summed E-state index contributed by atoms with van der Waals surface area (Å²) in [6.45, 7) is 7.42. The minimum Gasteiger partial charge on any atom is -0.355 e. The van der Waals surface area contributed by atoms with Crippen molar-refractivity contribution in [2.24, 2.45) is 0 Å². The van der Waals surface area contributed by atoms with Gasteiger partial charge in [-0.25, -0.2) is 0 Å². The zero-order valence-corrected chi connectivity index (χ0v) is 16.2. The first kappa shape index (κ1) is 22.2. The van der Waals surface area contributed by atoms with Gasteiger partial charge >= 0.3 is 6.18 Å². The summed E-state index contributed by atoms with van der Waals surface area (Å²) in [5, 5.41) is 5.50. The molecule has 1 heterocycles. The van der Waals surface area contributed by atoms with Crippen LogP contribution in [0.4, 0.5) is 18.9 Å². The SMILES string of the molecule is CCCNC(=O)CN1CCN([C@H](C)C(=O)Nc2ccc(C(F)(F)F)cc2)CC1. The lowest BCUT2D eigenvalue weighted by molar-refractivity contribution is -0.137. The van der Waals surface area contributed by atoms with Gasteiger partial charge in [0, 0.05) is 38.4 Å². The number of benzene rings is 1. The van der Waals surface area contributed by atoms with Crippen LogP contribution < -0.4 is 10.6 Å². The van der Waals surface area contributed by atoms with Crippen molar-refractivity contribution in [3.8, 4) is 0 Å². The second kappa shape index (κ2) is 9.88. The fourth-order valence-electron chi connectivity index (χ4n) is 2.99. The van der Waals surface area contributed by atoms with Crippen LogP contribution in [0, 0.1) is 0 Å². The van der Waals surface area contributed by atoms with Gasteiger partial charge in [0.15, 0.2) is 0 Å². The van der Waals surface area contributed by atoms with Crippen LogP contribution >= 0.6 is 0 Å². The van der Waals surface area contributed by atoms with Crippen LogP contribution in [0.2, 0.25) is 0 Å². The third kappa shape index (κ3) is 6.49. The first-order chi connectivity index (χ1) is 13.2. The van der Waals surface area contributed by atoms with Gasteiger partial charge in [-0.05, 0) is 37.6 Å². The van der Waals surface area contributed by atoms with Gasteiger partial charge in [-0.3, -0.25) is 19.4 Å². The van der Waals surface area contributed by atoms with Gasteiger partial charge < -0.3 is 10.6 Å². The van der Waals surface area contributed by atoms with E-state index in [1.54, 1.807) is 6.92 Å².